The van der Waals surface area contributed by atoms with E-state index in [1.54, 1.807) is 12.1 Å². The molecule has 1 N–H and O–H groups in total. The lowest BCUT2D eigenvalue weighted by molar-refractivity contribution is -0.113. The first kappa shape index (κ1) is 15.6. The molecule has 0 aromatic heterocycles. The molecule has 21 heavy (non-hydrogen) atoms. The van der Waals surface area contributed by atoms with Crippen LogP contribution in [-0.4, -0.2) is 11.7 Å². The van der Waals surface area contributed by atoms with Crippen LogP contribution in [0.5, 0.6) is 0 Å². The molecule has 2 rings (SSSR count). The fourth-order valence-corrected chi connectivity index (χ4v) is 2.77. The van der Waals surface area contributed by atoms with Crippen molar-refractivity contribution in [3.63, 3.8) is 0 Å². The van der Waals surface area contributed by atoms with Crippen LogP contribution in [0.4, 0.5) is 10.1 Å². The van der Waals surface area contributed by atoms with Crippen molar-refractivity contribution in [3.05, 3.63) is 65.5 Å². The second kappa shape index (κ2) is 7.84. The topological polar surface area (TPSA) is 29.1 Å². The molecule has 0 fully saturated rings. The minimum absolute atomic E-state index is 0.0111. The van der Waals surface area contributed by atoms with E-state index < -0.39 is 0 Å². The number of halogens is 1. The van der Waals surface area contributed by atoms with Crippen molar-refractivity contribution in [2.24, 2.45) is 0 Å². The maximum Gasteiger partial charge on any atom is 0.234 e. The predicted octanol–water partition coefficient (Wildman–Crippen LogP) is 4.26. The zero-order valence-corrected chi connectivity index (χ0v) is 12.8. The van der Waals surface area contributed by atoms with E-state index in [-0.39, 0.29) is 11.7 Å². The lowest BCUT2D eigenvalue weighted by Crippen LogP contribution is -2.15. The number of carbonyl (C=O) groups is 1. The Morgan fingerprint density at radius 2 is 1.86 bits per heavy atom. The Morgan fingerprint density at radius 1 is 1.14 bits per heavy atom. The number of thioether (sulfide) groups is 1. The molecule has 110 valence electrons. The number of anilines is 1. The summed E-state index contributed by atoms with van der Waals surface area (Å²) in [6, 6.07) is 14.2. The molecule has 4 heteroatoms. The van der Waals surface area contributed by atoms with Gasteiger partial charge in [-0.3, -0.25) is 4.79 Å². The van der Waals surface area contributed by atoms with Crippen LogP contribution in [0.15, 0.2) is 48.5 Å². The van der Waals surface area contributed by atoms with Gasteiger partial charge in [-0.05, 0) is 35.7 Å². The molecule has 0 aliphatic heterocycles. The Hall–Kier alpha value is -1.81. The van der Waals surface area contributed by atoms with Gasteiger partial charge in [0.2, 0.25) is 5.91 Å². The van der Waals surface area contributed by atoms with Gasteiger partial charge in [-0.1, -0.05) is 37.3 Å². The van der Waals surface area contributed by atoms with Gasteiger partial charge in [-0.25, -0.2) is 4.39 Å². The number of nitrogens with one attached hydrogen (secondary N) is 1. The fraction of sp³-hybridized carbons (Fsp3) is 0.235. The van der Waals surface area contributed by atoms with Crippen molar-refractivity contribution in [2.75, 3.05) is 11.1 Å². The van der Waals surface area contributed by atoms with E-state index in [2.05, 4.69) is 12.2 Å². The maximum atomic E-state index is 12.8. The molecule has 0 aliphatic carbocycles. The normalized spacial score (nSPS) is 10.4. The van der Waals surface area contributed by atoms with Crippen LogP contribution in [-0.2, 0) is 17.0 Å². The summed E-state index contributed by atoms with van der Waals surface area (Å²) in [6.07, 6.45) is 0.888. The molecular formula is C17H18FNOS. The molecule has 0 saturated carbocycles. The lowest BCUT2D eigenvalue weighted by atomic mass is 10.1. The maximum absolute atomic E-state index is 12.8. The van der Waals surface area contributed by atoms with Gasteiger partial charge < -0.3 is 5.32 Å². The average Bonchev–Trinajstić information content (AvgIpc) is 2.50. The SMILES string of the molecule is CCc1ccccc1NC(=O)CSCc1ccc(F)cc1. The fourth-order valence-electron chi connectivity index (χ4n) is 1.98. The van der Waals surface area contributed by atoms with Crippen LogP contribution in [0.1, 0.15) is 18.1 Å². The molecule has 0 aliphatic rings. The molecule has 1 amide bonds. The van der Waals surface area contributed by atoms with Crippen molar-refractivity contribution >= 4 is 23.4 Å². The minimum atomic E-state index is -0.238. The van der Waals surface area contributed by atoms with Gasteiger partial charge in [0.05, 0.1) is 5.75 Å². The molecule has 0 bridgehead atoms. The number of hydrogen-bond acceptors (Lipinski definition) is 2. The second-order valence-electron chi connectivity index (χ2n) is 4.68. The van der Waals surface area contributed by atoms with Crippen LogP contribution in [0, 0.1) is 5.82 Å². The largest absolute Gasteiger partial charge is 0.325 e. The lowest BCUT2D eigenvalue weighted by Gasteiger charge is -2.09. The zero-order valence-electron chi connectivity index (χ0n) is 11.9. The summed E-state index contributed by atoms with van der Waals surface area (Å²) in [5.74, 6) is 0.833. The van der Waals surface area contributed by atoms with Crippen LogP contribution in [0.3, 0.4) is 0 Å². The van der Waals surface area contributed by atoms with Gasteiger partial charge in [-0.2, -0.15) is 0 Å². The molecule has 2 nitrogen and oxygen atoms in total. The first-order chi connectivity index (χ1) is 10.2. The quantitative estimate of drug-likeness (QED) is 0.864. The number of benzene rings is 2. The smallest absolute Gasteiger partial charge is 0.234 e. The third kappa shape index (κ3) is 4.90. The third-order valence-electron chi connectivity index (χ3n) is 3.09. The first-order valence-electron chi connectivity index (χ1n) is 6.89. The summed E-state index contributed by atoms with van der Waals surface area (Å²) in [5.41, 5.74) is 3.03. The molecule has 2 aromatic rings. The Labute approximate surface area is 128 Å². The van der Waals surface area contributed by atoms with Crippen molar-refractivity contribution in [3.8, 4) is 0 Å². The van der Waals surface area contributed by atoms with E-state index in [0.717, 1.165) is 23.2 Å². The van der Waals surface area contributed by atoms with Crippen LogP contribution in [0.2, 0.25) is 0 Å². The Bertz CT molecular complexity index is 598. The summed E-state index contributed by atoms with van der Waals surface area (Å²) < 4.78 is 12.8. The Kier molecular flexibility index (Phi) is 5.81. The highest BCUT2D eigenvalue weighted by molar-refractivity contribution is 7.99. The van der Waals surface area contributed by atoms with Gasteiger partial charge in [0, 0.05) is 11.4 Å². The Balaban J connectivity index is 1.81. The van der Waals surface area contributed by atoms with E-state index in [1.165, 1.54) is 23.9 Å². The molecular weight excluding hydrogens is 285 g/mol. The highest BCUT2D eigenvalue weighted by Gasteiger charge is 2.06. The molecule has 0 atom stereocenters. The minimum Gasteiger partial charge on any atom is -0.325 e. The van der Waals surface area contributed by atoms with E-state index in [4.69, 9.17) is 0 Å². The monoisotopic (exact) mass is 303 g/mol. The summed E-state index contributed by atoms with van der Waals surface area (Å²) >= 11 is 1.52. The number of hydrogen-bond donors (Lipinski definition) is 1. The van der Waals surface area contributed by atoms with Gasteiger partial charge >= 0.3 is 0 Å². The van der Waals surface area contributed by atoms with Gasteiger partial charge in [0.25, 0.3) is 0 Å². The summed E-state index contributed by atoms with van der Waals surface area (Å²) in [7, 11) is 0. The van der Waals surface area contributed by atoms with E-state index in [9.17, 15) is 9.18 Å². The molecule has 0 spiro atoms. The van der Waals surface area contributed by atoms with E-state index >= 15 is 0 Å². The summed E-state index contributed by atoms with van der Waals surface area (Å²) in [5, 5.41) is 2.94. The second-order valence-corrected chi connectivity index (χ2v) is 5.66. The molecule has 0 radical (unpaired) electrons. The summed E-state index contributed by atoms with van der Waals surface area (Å²) in [6.45, 7) is 2.06. The van der Waals surface area contributed by atoms with E-state index in [0.29, 0.717) is 11.5 Å². The number of amides is 1. The van der Waals surface area contributed by atoms with Crippen molar-refractivity contribution < 1.29 is 9.18 Å². The van der Waals surface area contributed by atoms with Gasteiger partial charge in [-0.15, -0.1) is 11.8 Å². The number of aryl methyl sites for hydroxylation is 1. The van der Waals surface area contributed by atoms with Crippen LogP contribution >= 0.6 is 11.8 Å². The first-order valence-corrected chi connectivity index (χ1v) is 8.04. The Morgan fingerprint density at radius 3 is 2.57 bits per heavy atom. The molecule has 0 heterocycles. The highest BCUT2D eigenvalue weighted by atomic mass is 32.2. The van der Waals surface area contributed by atoms with Crippen molar-refractivity contribution in [1.29, 1.82) is 0 Å². The molecule has 0 unspecified atom stereocenters. The molecule has 2 aromatic carbocycles. The third-order valence-corrected chi connectivity index (χ3v) is 4.09. The number of para-hydroxylation sites is 1. The van der Waals surface area contributed by atoms with Crippen molar-refractivity contribution in [2.45, 2.75) is 19.1 Å². The number of carbonyl (C=O) groups excluding carboxylic acids is 1. The predicted molar refractivity (Wildman–Crippen MR) is 87.0 cm³/mol. The van der Waals surface area contributed by atoms with Crippen LogP contribution in [0.25, 0.3) is 0 Å². The average molecular weight is 303 g/mol. The van der Waals surface area contributed by atoms with Crippen LogP contribution < -0.4 is 5.32 Å². The zero-order chi connectivity index (χ0) is 15.1. The standard InChI is InChI=1S/C17H18FNOS/c1-2-14-5-3-4-6-16(14)19-17(20)12-21-11-13-7-9-15(18)10-8-13/h3-10H,2,11-12H2,1H3,(H,19,20). The number of rotatable bonds is 6. The van der Waals surface area contributed by atoms with E-state index in [1.807, 2.05) is 24.3 Å². The van der Waals surface area contributed by atoms with Crippen molar-refractivity contribution in [1.82, 2.24) is 0 Å². The molecule has 0 saturated heterocycles. The van der Waals surface area contributed by atoms with Gasteiger partial charge in [0.15, 0.2) is 0 Å². The summed E-state index contributed by atoms with van der Waals surface area (Å²) in [4.78, 5) is 11.9. The van der Waals surface area contributed by atoms with Gasteiger partial charge in [0.1, 0.15) is 5.82 Å². The highest BCUT2D eigenvalue weighted by Crippen LogP contribution is 2.17.